The molecule has 12 heavy (non-hydrogen) atoms. The molecule has 0 aliphatic heterocycles. The molecule has 0 radical (unpaired) electrons. The number of hydrogen-bond acceptors (Lipinski definition) is 3. The van der Waals surface area contributed by atoms with Crippen molar-refractivity contribution in [2.24, 2.45) is 0 Å². The molecule has 0 aromatic heterocycles. The number of aliphatic hydroxyl groups excluding tert-OH is 1. The smallest absolute Gasteiger partial charge is 0.346 e. The number of carbonyl (C=O) groups is 1. The van der Waals surface area contributed by atoms with Crippen molar-refractivity contribution in [3.63, 3.8) is 0 Å². The lowest BCUT2D eigenvalue weighted by Crippen LogP contribution is -2.44. The van der Waals surface area contributed by atoms with Crippen molar-refractivity contribution in [3.8, 4) is 0 Å². The van der Waals surface area contributed by atoms with Gasteiger partial charge in [-0.25, -0.2) is 9.18 Å². The highest BCUT2D eigenvalue weighted by atomic mass is 79.9. The maximum atomic E-state index is 13.6. The molecule has 1 N–H and O–H groups in total. The SMILES string of the molecule is COC(=O)C1(F)CCC(Br)C1O. The number of halogens is 2. The Kier molecular flexibility index (Phi) is 2.73. The maximum absolute atomic E-state index is 13.6. The molecule has 0 spiro atoms. The first-order valence-corrected chi connectivity index (χ1v) is 4.53. The molecular formula is C7H10BrFO3. The summed E-state index contributed by atoms with van der Waals surface area (Å²) in [6.45, 7) is 0. The Labute approximate surface area is 78.0 Å². The first kappa shape index (κ1) is 9.92. The zero-order valence-corrected chi connectivity index (χ0v) is 8.17. The van der Waals surface area contributed by atoms with E-state index in [2.05, 4.69) is 20.7 Å². The zero-order chi connectivity index (χ0) is 9.35. The summed E-state index contributed by atoms with van der Waals surface area (Å²) < 4.78 is 17.9. The van der Waals surface area contributed by atoms with Gasteiger partial charge in [-0.2, -0.15) is 0 Å². The maximum Gasteiger partial charge on any atom is 0.346 e. The number of hydrogen-bond donors (Lipinski definition) is 1. The molecule has 5 heteroatoms. The number of esters is 1. The van der Waals surface area contributed by atoms with Gasteiger partial charge in [-0.05, 0) is 12.8 Å². The fourth-order valence-corrected chi connectivity index (χ4v) is 1.98. The Balaban J connectivity index is 2.78. The van der Waals surface area contributed by atoms with E-state index < -0.39 is 17.7 Å². The van der Waals surface area contributed by atoms with Gasteiger partial charge in [-0.1, -0.05) is 15.9 Å². The van der Waals surface area contributed by atoms with Gasteiger partial charge in [0, 0.05) is 4.83 Å². The number of aliphatic hydroxyl groups is 1. The second kappa shape index (κ2) is 3.30. The Bertz CT molecular complexity index is 199. The number of rotatable bonds is 1. The highest BCUT2D eigenvalue weighted by Gasteiger charge is 2.54. The minimum atomic E-state index is -2.22. The van der Waals surface area contributed by atoms with E-state index in [1.165, 1.54) is 0 Å². The van der Waals surface area contributed by atoms with E-state index in [0.29, 0.717) is 6.42 Å². The second-order valence-corrected chi connectivity index (χ2v) is 4.03. The van der Waals surface area contributed by atoms with E-state index in [-0.39, 0.29) is 11.2 Å². The fraction of sp³-hybridized carbons (Fsp3) is 0.857. The molecule has 70 valence electrons. The fourth-order valence-electron chi connectivity index (χ4n) is 1.33. The summed E-state index contributed by atoms with van der Waals surface area (Å²) >= 11 is 3.08. The molecule has 3 unspecified atom stereocenters. The average Bonchev–Trinajstić information content (AvgIpc) is 2.33. The van der Waals surface area contributed by atoms with Crippen LogP contribution in [0.5, 0.6) is 0 Å². The van der Waals surface area contributed by atoms with Gasteiger partial charge in [0.1, 0.15) is 6.10 Å². The first-order chi connectivity index (χ1) is 5.52. The number of methoxy groups -OCH3 is 1. The lowest BCUT2D eigenvalue weighted by molar-refractivity contribution is -0.160. The van der Waals surface area contributed by atoms with E-state index in [1.807, 2.05) is 0 Å². The zero-order valence-electron chi connectivity index (χ0n) is 6.59. The van der Waals surface area contributed by atoms with Crippen molar-refractivity contribution in [2.45, 2.75) is 29.4 Å². The summed E-state index contributed by atoms with van der Waals surface area (Å²) in [5, 5.41) is 9.30. The Morgan fingerprint density at radius 2 is 2.42 bits per heavy atom. The summed E-state index contributed by atoms with van der Waals surface area (Å²) in [6.07, 6.45) is -0.853. The second-order valence-electron chi connectivity index (χ2n) is 2.85. The quantitative estimate of drug-likeness (QED) is 0.545. The van der Waals surface area contributed by atoms with Crippen LogP contribution in [-0.2, 0) is 9.53 Å². The predicted octanol–water partition coefficient (Wildman–Crippen LogP) is 0.786. The monoisotopic (exact) mass is 240 g/mol. The van der Waals surface area contributed by atoms with E-state index >= 15 is 0 Å². The van der Waals surface area contributed by atoms with Crippen molar-refractivity contribution < 1.29 is 19.0 Å². The third-order valence-electron chi connectivity index (χ3n) is 2.12. The molecule has 1 rings (SSSR count). The van der Waals surface area contributed by atoms with Gasteiger partial charge < -0.3 is 9.84 Å². The molecule has 1 aliphatic carbocycles. The molecule has 1 aliphatic rings. The number of alkyl halides is 2. The van der Waals surface area contributed by atoms with Gasteiger partial charge in [-0.15, -0.1) is 0 Å². The van der Waals surface area contributed by atoms with E-state index in [9.17, 15) is 14.3 Å². The summed E-state index contributed by atoms with van der Waals surface area (Å²) in [5.41, 5.74) is -2.22. The number of carbonyl (C=O) groups excluding carboxylic acids is 1. The van der Waals surface area contributed by atoms with E-state index in [4.69, 9.17) is 0 Å². The van der Waals surface area contributed by atoms with Crippen molar-refractivity contribution in [2.75, 3.05) is 7.11 Å². The molecule has 0 bridgehead atoms. The molecular weight excluding hydrogens is 231 g/mol. The van der Waals surface area contributed by atoms with Crippen LogP contribution in [0.4, 0.5) is 4.39 Å². The highest BCUT2D eigenvalue weighted by Crippen LogP contribution is 2.38. The van der Waals surface area contributed by atoms with E-state index in [0.717, 1.165) is 7.11 Å². The van der Waals surface area contributed by atoms with Crippen molar-refractivity contribution in [3.05, 3.63) is 0 Å². The molecule has 0 aromatic rings. The van der Waals surface area contributed by atoms with Gasteiger partial charge in [0.05, 0.1) is 7.11 Å². The summed E-state index contributed by atoms with van der Waals surface area (Å²) in [6, 6.07) is 0. The van der Waals surface area contributed by atoms with Crippen LogP contribution in [0.1, 0.15) is 12.8 Å². The van der Waals surface area contributed by atoms with Crippen LogP contribution < -0.4 is 0 Å². The predicted molar refractivity (Wildman–Crippen MR) is 43.8 cm³/mol. The minimum absolute atomic E-state index is 0.0107. The van der Waals surface area contributed by atoms with Crippen LogP contribution in [0.15, 0.2) is 0 Å². The Hall–Kier alpha value is -0.160. The molecule has 1 saturated carbocycles. The topological polar surface area (TPSA) is 46.5 Å². The highest BCUT2D eigenvalue weighted by molar-refractivity contribution is 9.09. The van der Waals surface area contributed by atoms with Gasteiger partial charge >= 0.3 is 5.97 Å². The van der Waals surface area contributed by atoms with Crippen LogP contribution in [-0.4, -0.2) is 34.8 Å². The first-order valence-electron chi connectivity index (χ1n) is 3.62. The van der Waals surface area contributed by atoms with Crippen LogP contribution in [0.25, 0.3) is 0 Å². The van der Waals surface area contributed by atoms with Crippen LogP contribution in [0, 0.1) is 0 Å². The molecule has 1 fully saturated rings. The van der Waals surface area contributed by atoms with Crippen LogP contribution in [0.2, 0.25) is 0 Å². The van der Waals surface area contributed by atoms with Gasteiger partial charge in [0.2, 0.25) is 5.67 Å². The standard InChI is InChI=1S/C7H10BrFO3/c1-12-6(11)7(9)3-2-4(8)5(7)10/h4-5,10H,2-3H2,1H3. The lowest BCUT2D eigenvalue weighted by atomic mass is 10.0. The summed E-state index contributed by atoms with van der Waals surface area (Å²) in [5.74, 6) is -0.989. The van der Waals surface area contributed by atoms with Gasteiger partial charge in [-0.3, -0.25) is 0 Å². The normalized spacial score (nSPS) is 41.3. The van der Waals surface area contributed by atoms with Gasteiger partial charge in [0.15, 0.2) is 0 Å². The molecule has 0 aromatic carbocycles. The van der Waals surface area contributed by atoms with Crippen molar-refractivity contribution >= 4 is 21.9 Å². The third kappa shape index (κ3) is 1.35. The molecule has 0 amide bonds. The number of ether oxygens (including phenoxy) is 1. The third-order valence-corrected chi connectivity index (χ3v) is 3.08. The average molecular weight is 241 g/mol. The largest absolute Gasteiger partial charge is 0.467 e. The Morgan fingerprint density at radius 3 is 2.75 bits per heavy atom. The molecule has 0 saturated heterocycles. The van der Waals surface area contributed by atoms with Gasteiger partial charge in [0.25, 0.3) is 0 Å². The molecule has 3 nitrogen and oxygen atoms in total. The molecule has 0 heterocycles. The molecule has 3 atom stereocenters. The Morgan fingerprint density at radius 1 is 1.83 bits per heavy atom. The van der Waals surface area contributed by atoms with E-state index in [1.54, 1.807) is 0 Å². The van der Waals surface area contributed by atoms with Crippen LogP contribution >= 0.6 is 15.9 Å². The van der Waals surface area contributed by atoms with Crippen LogP contribution in [0.3, 0.4) is 0 Å². The van der Waals surface area contributed by atoms with Crippen molar-refractivity contribution in [1.29, 1.82) is 0 Å². The minimum Gasteiger partial charge on any atom is -0.467 e. The summed E-state index contributed by atoms with van der Waals surface area (Å²) in [4.78, 5) is 10.6. The summed E-state index contributed by atoms with van der Waals surface area (Å²) in [7, 11) is 1.11. The lowest BCUT2D eigenvalue weighted by Gasteiger charge is -2.21. The van der Waals surface area contributed by atoms with Crippen molar-refractivity contribution in [1.82, 2.24) is 0 Å².